The lowest BCUT2D eigenvalue weighted by Gasteiger charge is -2.25. The van der Waals surface area contributed by atoms with Crippen LogP contribution in [-0.2, 0) is 19.5 Å². The first-order chi connectivity index (χ1) is 11.3. The van der Waals surface area contributed by atoms with Gasteiger partial charge in [-0.15, -0.1) is 12.4 Å². The van der Waals surface area contributed by atoms with E-state index in [0.717, 1.165) is 43.0 Å². The molecule has 1 aliphatic heterocycles. The molecule has 2 heterocycles. The molecular weight excluding hydrogens is 322 g/mol. The number of nitrogens with zero attached hydrogens (tertiary/aromatic N) is 2. The third-order valence-corrected chi connectivity index (χ3v) is 4.40. The van der Waals surface area contributed by atoms with E-state index in [9.17, 15) is 4.79 Å². The number of hydrogen-bond acceptors (Lipinski definition) is 2. The monoisotopic (exact) mass is 341 g/mol. The fourth-order valence-corrected chi connectivity index (χ4v) is 3.21. The molecule has 0 saturated carbocycles. The highest BCUT2D eigenvalue weighted by Crippen LogP contribution is 2.18. The van der Waals surface area contributed by atoms with Crippen molar-refractivity contribution in [2.75, 3.05) is 6.54 Å². The second-order valence-corrected chi connectivity index (χ2v) is 5.99. The zero-order chi connectivity index (χ0) is 15.6. The van der Waals surface area contributed by atoms with Gasteiger partial charge in [-0.3, -0.25) is 14.8 Å². The zero-order valence-electron chi connectivity index (χ0n) is 13.3. The lowest BCUT2D eigenvalue weighted by atomic mass is 10.1. The van der Waals surface area contributed by atoms with Crippen molar-refractivity contribution in [3.05, 3.63) is 87.8 Å². The van der Waals surface area contributed by atoms with Crippen LogP contribution in [-0.4, -0.2) is 21.2 Å². The summed E-state index contributed by atoms with van der Waals surface area (Å²) in [5.41, 5.74) is 4.26. The van der Waals surface area contributed by atoms with Gasteiger partial charge in [0.25, 0.3) is 5.56 Å². The maximum atomic E-state index is 12.6. The molecule has 1 N–H and O–H groups in total. The highest BCUT2D eigenvalue weighted by molar-refractivity contribution is 5.85. The first-order valence-electron chi connectivity index (χ1n) is 7.96. The van der Waals surface area contributed by atoms with Crippen molar-refractivity contribution < 1.29 is 0 Å². The SMILES string of the molecule is Cl.O=c1c2c([nH]n1-c1ccccc1)CN(Cc1ccccc1)CC2. The molecule has 0 atom stereocenters. The summed E-state index contributed by atoms with van der Waals surface area (Å²) < 4.78 is 1.66. The molecule has 0 amide bonds. The molecule has 0 aliphatic carbocycles. The van der Waals surface area contributed by atoms with Crippen LogP contribution < -0.4 is 5.56 Å². The van der Waals surface area contributed by atoms with Crippen molar-refractivity contribution in [1.82, 2.24) is 14.7 Å². The lowest BCUT2D eigenvalue weighted by Crippen LogP contribution is -2.31. The van der Waals surface area contributed by atoms with Gasteiger partial charge in [-0.25, -0.2) is 4.68 Å². The van der Waals surface area contributed by atoms with Crippen molar-refractivity contribution in [1.29, 1.82) is 0 Å². The van der Waals surface area contributed by atoms with Gasteiger partial charge in [-0.1, -0.05) is 48.5 Å². The van der Waals surface area contributed by atoms with Gasteiger partial charge in [0.05, 0.1) is 11.4 Å². The molecule has 0 radical (unpaired) electrons. The Kier molecular flexibility index (Phi) is 4.88. The number of aromatic amines is 1. The van der Waals surface area contributed by atoms with Gasteiger partial charge in [-0.2, -0.15) is 0 Å². The largest absolute Gasteiger partial charge is 0.293 e. The Morgan fingerprint density at radius 2 is 1.62 bits per heavy atom. The molecule has 4 nitrogen and oxygen atoms in total. The van der Waals surface area contributed by atoms with E-state index in [1.165, 1.54) is 5.56 Å². The van der Waals surface area contributed by atoms with E-state index < -0.39 is 0 Å². The Morgan fingerprint density at radius 3 is 2.33 bits per heavy atom. The van der Waals surface area contributed by atoms with Crippen LogP contribution >= 0.6 is 12.4 Å². The van der Waals surface area contributed by atoms with Gasteiger partial charge in [0, 0.05) is 25.2 Å². The number of H-pyrrole nitrogens is 1. The van der Waals surface area contributed by atoms with E-state index >= 15 is 0 Å². The highest BCUT2D eigenvalue weighted by atomic mass is 35.5. The summed E-state index contributed by atoms with van der Waals surface area (Å²) in [6.07, 6.45) is 0.803. The minimum atomic E-state index is 0. The standard InChI is InChI=1S/C19H19N3O.ClH/c23-19-17-11-12-21(13-15-7-3-1-4-8-15)14-18(17)20-22(19)16-9-5-2-6-10-16;/h1-10,20H,11-14H2;1H. The third-order valence-electron chi connectivity index (χ3n) is 4.40. The molecule has 0 bridgehead atoms. The van der Waals surface area contributed by atoms with Crippen LogP contribution in [0.2, 0.25) is 0 Å². The van der Waals surface area contributed by atoms with E-state index in [1.807, 2.05) is 36.4 Å². The average Bonchev–Trinajstić information content (AvgIpc) is 2.93. The number of rotatable bonds is 3. The second kappa shape index (κ2) is 7.07. The lowest BCUT2D eigenvalue weighted by molar-refractivity contribution is 0.242. The minimum absolute atomic E-state index is 0. The fraction of sp³-hybridized carbons (Fsp3) is 0.211. The van der Waals surface area contributed by atoms with Crippen LogP contribution in [0.15, 0.2) is 65.5 Å². The van der Waals surface area contributed by atoms with Gasteiger partial charge >= 0.3 is 0 Å². The number of hydrogen-bond donors (Lipinski definition) is 1. The maximum absolute atomic E-state index is 12.6. The van der Waals surface area contributed by atoms with Crippen molar-refractivity contribution >= 4 is 12.4 Å². The van der Waals surface area contributed by atoms with E-state index in [0.29, 0.717) is 0 Å². The van der Waals surface area contributed by atoms with Crippen LogP contribution in [0.3, 0.4) is 0 Å². The summed E-state index contributed by atoms with van der Waals surface area (Å²) in [5, 5.41) is 3.30. The van der Waals surface area contributed by atoms with Crippen molar-refractivity contribution in [2.45, 2.75) is 19.5 Å². The van der Waals surface area contributed by atoms with Crippen LogP contribution in [0, 0.1) is 0 Å². The average molecular weight is 342 g/mol. The molecular formula is C19H20ClN3O. The Hall–Kier alpha value is -2.30. The quantitative estimate of drug-likeness (QED) is 0.795. The molecule has 1 aromatic heterocycles. The molecule has 5 heteroatoms. The Labute approximate surface area is 147 Å². The van der Waals surface area contributed by atoms with Gasteiger partial charge < -0.3 is 0 Å². The summed E-state index contributed by atoms with van der Waals surface area (Å²) in [5.74, 6) is 0. The van der Waals surface area contributed by atoms with Crippen molar-refractivity contribution in [3.63, 3.8) is 0 Å². The Bertz CT molecular complexity index is 855. The number of halogens is 1. The van der Waals surface area contributed by atoms with E-state index in [-0.39, 0.29) is 18.0 Å². The molecule has 4 rings (SSSR count). The van der Waals surface area contributed by atoms with Gasteiger partial charge in [-0.05, 0) is 24.1 Å². The summed E-state index contributed by atoms with van der Waals surface area (Å²) in [7, 11) is 0. The molecule has 0 unspecified atom stereocenters. The minimum Gasteiger partial charge on any atom is -0.293 e. The number of benzene rings is 2. The Morgan fingerprint density at radius 1 is 0.958 bits per heavy atom. The first kappa shape index (κ1) is 16.6. The molecule has 0 spiro atoms. The molecule has 1 aliphatic rings. The first-order valence-corrected chi connectivity index (χ1v) is 7.96. The third kappa shape index (κ3) is 3.16. The number of aromatic nitrogens is 2. The van der Waals surface area contributed by atoms with E-state index in [1.54, 1.807) is 4.68 Å². The fourth-order valence-electron chi connectivity index (χ4n) is 3.21. The van der Waals surface area contributed by atoms with Crippen LogP contribution in [0.1, 0.15) is 16.8 Å². The smallest absolute Gasteiger partial charge is 0.274 e. The zero-order valence-corrected chi connectivity index (χ0v) is 14.1. The van der Waals surface area contributed by atoms with Crippen molar-refractivity contribution in [3.8, 4) is 5.69 Å². The molecule has 124 valence electrons. The topological polar surface area (TPSA) is 41.0 Å². The molecule has 2 aromatic carbocycles. The molecule has 24 heavy (non-hydrogen) atoms. The summed E-state index contributed by atoms with van der Waals surface area (Å²) in [4.78, 5) is 15.0. The predicted octanol–water partition coefficient (Wildman–Crippen LogP) is 3.15. The van der Waals surface area contributed by atoms with E-state index in [4.69, 9.17) is 0 Å². The molecule has 0 fully saturated rings. The van der Waals surface area contributed by atoms with Crippen LogP contribution in [0.25, 0.3) is 5.69 Å². The van der Waals surface area contributed by atoms with Crippen LogP contribution in [0.5, 0.6) is 0 Å². The number of nitrogens with one attached hydrogen (secondary N) is 1. The predicted molar refractivity (Wildman–Crippen MR) is 97.9 cm³/mol. The summed E-state index contributed by atoms with van der Waals surface area (Å²) in [6, 6.07) is 20.2. The molecule has 0 saturated heterocycles. The van der Waals surface area contributed by atoms with Crippen molar-refractivity contribution in [2.24, 2.45) is 0 Å². The highest BCUT2D eigenvalue weighted by Gasteiger charge is 2.22. The van der Waals surface area contributed by atoms with Crippen LogP contribution in [0.4, 0.5) is 0 Å². The van der Waals surface area contributed by atoms with Gasteiger partial charge in [0.15, 0.2) is 0 Å². The van der Waals surface area contributed by atoms with E-state index in [2.05, 4.69) is 34.3 Å². The Balaban J connectivity index is 0.00000169. The normalized spacial score (nSPS) is 14.0. The maximum Gasteiger partial charge on any atom is 0.274 e. The number of para-hydroxylation sites is 1. The van der Waals surface area contributed by atoms with Gasteiger partial charge in [0.1, 0.15) is 0 Å². The number of fused-ring (bicyclic) bond motifs is 1. The second-order valence-electron chi connectivity index (χ2n) is 5.99. The molecule has 3 aromatic rings. The summed E-state index contributed by atoms with van der Waals surface area (Å²) >= 11 is 0. The summed E-state index contributed by atoms with van der Waals surface area (Å²) in [6.45, 7) is 2.63. The van der Waals surface area contributed by atoms with Gasteiger partial charge in [0.2, 0.25) is 0 Å².